The quantitative estimate of drug-likeness (QED) is 0.613. The Morgan fingerprint density at radius 3 is 2.47 bits per heavy atom. The van der Waals surface area contributed by atoms with Gasteiger partial charge in [-0.15, -0.1) is 6.42 Å². The van der Waals surface area contributed by atoms with Crippen LogP contribution in [0.5, 0.6) is 0 Å². The third-order valence-electron chi connectivity index (χ3n) is 2.24. The lowest BCUT2D eigenvalue weighted by Gasteiger charge is -2.22. The topological polar surface area (TPSA) is 78.4 Å². The molecule has 5 heteroatoms. The normalized spacial score (nSPS) is 12.4. The Morgan fingerprint density at radius 1 is 1.47 bits per heavy atom. The molecule has 3 N–H and O–H groups in total. The molecular formula is C12H20N2O3. The van der Waals surface area contributed by atoms with Crippen molar-refractivity contribution in [1.29, 1.82) is 0 Å². The number of terminal acetylenes is 1. The zero-order valence-electron chi connectivity index (χ0n) is 10.5. The Labute approximate surface area is 102 Å². The predicted octanol–water partition coefficient (Wildman–Crippen LogP) is 1.34. The van der Waals surface area contributed by atoms with Gasteiger partial charge in [0, 0.05) is 0 Å². The molecule has 0 aromatic heterocycles. The van der Waals surface area contributed by atoms with Gasteiger partial charge < -0.3 is 15.7 Å². The van der Waals surface area contributed by atoms with E-state index in [9.17, 15) is 9.59 Å². The number of amides is 2. The number of urea groups is 1. The van der Waals surface area contributed by atoms with Crippen molar-refractivity contribution < 1.29 is 14.7 Å². The van der Waals surface area contributed by atoms with E-state index in [1.165, 1.54) is 0 Å². The molecule has 2 amide bonds. The minimum atomic E-state index is -1.04. The molecule has 17 heavy (non-hydrogen) atoms. The summed E-state index contributed by atoms with van der Waals surface area (Å²) in [6, 6.07) is -1.43. The molecular weight excluding hydrogens is 220 g/mol. The smallest absolute Gasteiger partial charge is 0.326 e. The van der Waals surface area contributed by atoms with Crippen LogP contribution in [0.3, 0.4) is 0 Å². The number of carboxylic acids is 1. The summed E-state index contributed by atoms with van der Waals surface area (Å²) in [5.41, 5.74) is -0.794. The highest BCUT2D eigenvalue weighted by atomic mass is 16.4. The average molecular weight is 240 g/mol. The van der Waals surface area contributed by atoms with Gasteiger partial charge in [-0.2, -0.15) is 0 Å². The van der Waals surface area contributed by atoms with Crippen LogP contribution >= 0.6 is 0 Å². The molecule has 0 spiro atoms. The van der Waals surface area contributed by atoms with Gasteiger partial charge in [-0.05, 0) is 20.3 Å². The molecule has 0 fully saturated rings. The zero-order valence-corrected chi connectivity index (χ0v) is 10.5. The van der Waals surface area contributed by atoms with Crippen LogP contribution in [-0.4, -0.2) is 28.7 Å². The van der Waals surface area contributed by atoms with E-state index >= 15 is 0 Å². The summed E-state index contributed by atoms with van der Waals surface area (Å²) in [6.45, 7) is 5.28. The van der Waals surface area contributed by atoms with E-state index in [1.807, 2.05) is 6.92 Å². The molecule has 0 aromatic rings. The highest BCUT2D eigenvalue weighted by Crippen LogP contribution is 2.02. The zero-order chi connectivity index (χ0) is 13.5. The van der Waals surface area contributed by atoms with Crippen molar-refractivity contribution >= 4 is 12.0 Å². The van der Waals surface area contributed by atoms with Crippen LogP contribution in [0.2, 0.25) is 0 Å². The van der Waals surface area contributed by atoms with Crippen molar-refractivity contribution in [3.05, 3.63) is 0 Å². The minimum Gasteiger partial charge on any atom is -0.480 e. The van der Waals surface area contributed by atoms with E-state index in [0.717, 1.165) is 12.8 Å². The Balaban J connectivity index is 4.32. The first-order valence-electron chi connectivity index (χ1n) is 5.61. The third-order valence-corrected chi connectivity index (χ3v) is 2.24. The van der Waals surface area contributed by atoms with Gasteiger partial charge in [0.05, 0.1) is 5.54 Å². The van der Waals surface area contributed by atoms with Crippen LogP contribution in [0.25, 0.3) is 0 Å². The Morgan fingerprint density at radius 2 is 2.06 bits per heavy atom. The molecule has 0 aliphatic rings. The predicted molar refractivity (Wildman–Crippen MR) is 65.5 cm³/mol. The molecule has 0 aliphatic heterocycles. The van der Waals surface area contributed by atoms with Crippen molar-refractivity contribution in [2.45, 2.75) is 51.6 Å². The van der Waals surface area contributed by atoms with Gasteiger partial charge in [-0.1, -0.05) is 25.7 Å². The van der Waals surface area contributed by atoms with E-state index in [4.69, 9.17) is 11.5 Å². The summed E-state index contributed by atoms with van der Waals surface area (Å²) in [5, 5.41) is 13.8. The highest BCUT2D eigenvalue weighted by molar-refractivity contribution is 5.83. The molecule has 5 nitrogen and oxygen atoms in total. The molecule has 0 radical (unpaired) electrons. The molecule has 0 saturated heterocycles. The lowest BCUT2D eigenvalue weighted by Crippen LogP contribution is -2.52. The molecule has 0 bridgehead atoms. The summed E-state index contributed by atoms with van der Waals surface area (Å²) >= 11 is 0. The maximum Gasteiger partial charge on any atom is 0.326 e. The SMILES string of the molecule is C#CC(C)(C)NC(=O)N[C@@H](CCCC)C(=O)O. The van der Waals surface area contributed by atoms with Gasteiger partial charge in [0.25, 0.3) is 0 Å². The van der Waals surface area contributed by atoms with E-state index < -0.39 is 23.6 Å². The van der Waals surface area contributed by atoms with Gasteiger partial charge >= 0.3 is 12.0 Å². The maximum absolute atomic E-state index is 11.5. The first kappa shape index (κ1) is 15.3. The van der Waals surface area contributed by atoms with Gasteiger partial charge in [-0.3, -0.25) is 0 Å². The van der Waals surface area contributed by atoms with Crippen molar-refractivity contribution in [3.8, 4) is 12.3 Å². The van der Waals surface area contributed by atoms with Crippen LogP contribution in [-0.2, 0) is 4.79 Å². The molecule has 0 unspecified atom stereocenters. The number of hydrogen-bond acceptors (Lipinski definition) is 2. The fourth-order valence-corrected chi connectivity index (χ4v) is 1.18. The summed E-state index contributed by atoms with van der Waals surface area (Å²) in [5.74, 6) is 1.36. The molecule has 0 rings (SSSR count). The number of rotatable bonds is 6. The Kier molecular flexibility index (Phi) is 6.11. The number of hydrogen-bond donors (Lipinski definition) is 3. The molecule has 0 saturated carbocycles. The second-order valence-corrected chi connectivity index (χ2v) is 4.40. The second kappa shape index (κ2) is 6.79. The Hall–Kier alpha value is -1.70. The second-order valence-electron chi connectivity index (χ2n) is 4.40. The van der Waals surface area contributed by atoms with Crippen LogP contribution in [0, 0.1) is 12.3 Å². The summed E-state index contributed by atoms with van der Waals surface area (Å²) in [6.07, 6.45) is 7.25. The highest BCUT2D eigenvalue weighted by Gasteiger charge is 2.22. The van der Waals surface area contributed by atoms with Crippen molar-refractivity contribution in [1.82, 2.24) is 10.6 Å². The molecule has 0 aliphatic carbocycles. The van der Waals surface area contributed by atoms with E-state index in [1.54, 1.807) is 13.8 Å². The molecule has 0 aromatic carbocycles. The van der Waals surface area contributed by atoms with Crippen molar-refractivity contribution in [2.24, 2.45) is 0 Å². The first-order valence-corrected chi connectivity index (χ1v) is 5.61. The van der Waals surface area contributed by atoms with E-state index in [2.05, 4.69) is 16.6 Å². The number of unbranched alkanes of at least 4 members (excludes halogenated alkanes) is 1. The number of carbonyl (C=O) groups is 2. The number of carbonyl (C=O) groups excluding carboxylic acids is 1. The third kappa shape index (κ3) is 6.46. The van der Waals surface area contributed by atoms with Crippen LogP contribution in [0.1, 0.15) is 40.0 Å². The van der Waals surface area contributed by atoms with Crippen LogP contribution in [0.15, 0.2) is 0 Å². The van der Waals surface area contributed by atoms with E-state index in [0.29, 0.717) is 6.42 Å². The van der Waals surface area contributed by atoms with Gasteiger partial charge in [0.2, 0.25) is 0 Å². The fourth-order valence-electron chi connectivity index (χ4n) is 1.18. The summed E-state index contributed by atoms with van der Waals surface area (Å²) in [4.78, 5) is 22.4. The molecule has 0 heterocycles. The summed E-state index contributed by atoms with van der Waals surface area (Å²) in [7, 11) is 0. The minimum absolute atomic E-state index is 0.412. The lowest BCUT2D eigenvalue weighted by molar-refractivity contribution is -0.139. The van der Waals surface area contributed by atoms with Crippen LogP contribution < -0.4 is 10.6 Å². The monoisotopic (exact) mass is 240 g/mol. The van der Waals surface area contributed by atoms with Crippen molar-refractivity contribution in [2.75, 3.05) is 0 Å². The van der Waals surface area contributed by atoms with E-state index in [-0.39, 0.29) is 0 Å². The number of aliphatic carboxylic acids is 1. The maximum atomic E-state index is 11.5. The number of nitrogens with one attached hydrogen (secondary N) is 2. The Bertz CT molecular complexity index is 318. The van der Waals surface area contributed by atoms with Crippen molar-refractivity contribution in [3.63, 3.8) is 0 Å². The standard InChI is InChI=1S/C12H20N2O3/c1-5-7-8-9(10(15)16)13-11(17)14-12(3,4)6-2/h2,9H,5,7-8H2,1,3-4H3,(H,15,16)(H2,13,14,17)/t9-/m0/s1. The average Bonchev–Trinajstić information content (AvgIpc) is 2.23. The summed E-state index contributed by atoms with van der Waals surface area (Å²) < 4.78 is 0. The number of carboxylic acid groups (broad SMARTS) is 1. The van der Waals surface area contributed by atoms with Gasteiger partial charge in [-0.25, -0.2) is 9.59 Å². The first-order chi connectivity index (χ1) is 7.82. The molecule has 96 valence electrons. The fraction of sp³-hybridized carbons (Fsp3) is 0.667. The molecule has 1 atom stereocenters. The lowest BCUT2D eigenvalue weighted by atomic mass is 10.1. The largest absolute Gasteiger partial charge is 0.480 e. The van der Waals surface area contributed by atoms with Gasteiger partial charge in [0.15, 0.2) is 0 Å². The van der Waals surface area contributed by atoms with Gasteiger partial charge in [0.1, 0.15) is 6.04 Å². The van der Waals surface area contributed by atoms with Crippen LogP contribution in [0.4, 0.5) is 4.79 Å².